The minimum Gasteiger partial charge on any atom is -0.481 e. The van der Waals surface area contributed by atoms with Gasteiger partial charge in [-0.25, -0.2) is 19.1 Å². The van der Waals surface area contributed by atoms with E-state index in [1.807, 2.05) is 61.5 Å². The van der Waals surface area contributed by atoms with Crippen LogP contribution in [-0.2, 0) is 17.9 Å². The molecule has 2 N–H and O–H groups in total. The molecule has 0 aliphatic heterocycles. The van der Waals surface area contributed by atoms with Crippen LogP contribution in [0.1, 0.15) is 17.5 Å². The third-order valence-electron chi connectivity index (χ3n) is 4.95. The summed E-state index contributed by atoms with van der Waals surface area (Å²) < 4.78 is 2.19. The topological polar surface area (TPSA) is 122 Å². The SMILES string of the molecule is Cc1ccc(Cn2c(=O)n(CCC(=O)O)c(=O)[nH]/c2=N\c2ncc(-c3ccccc3)s2)cc1. The predicted octanol–water partition coefficient (Wildman–Crippen LogP) is 2.53. The molecule has 0 atom stereocenters. The Balaban J connectivity index is 1.81. The van der Waals surface area contributed by atoms with Crippen molar-refractivity contribution >= 4 is 22.4 Å². The van der Waals surface area contributed by atoms with Crippen LogP contribution >= 0.6 is 11.3 Å². The van der Waals surface area contributed by atoms with Gasteiger partial charge in [0.1, 0.15) is 0 Å². The molecular weight excluding hydrogens is 442 g/mol. The lowest BCUT2D eigenvalue weighted by Gasteiger charge is -2.10. The second-order valence-corrected chi connectivity index (χ2v) is 8.40. The van der Waals surface area contributed by atoms with Crippen LogP contribution in [0.5, 0.6) is 0 Å². The number of nitrogens with one attached hydrogen (secondary N) is 1. The number of aliphatic carboxylic acids is 1. The highest BCUT2D eigenvalue weighted by atomic mass is 32.1. The average Bonchev–Trinajstić information content (AvgIpc) is 3.26. The van der Waals surface area contributed by atoms with E-state index in [0.717, 1.165) is 26.1 Å². The molecule has 0 bridgehead atoms. The van der Waals surface area contributed by atoms with E-state index >= 15 is 0 Å². The summed E-state index contributed by atoms with van der Waals surface area (Å²) in [5, 5.41) is 9.35. The van der Waals surface area contributed by atoms with Gasteiger partial charge in [-0.15, -0.1) is 0 Å². The molecular formula is C23H21N5O4S. The Morgan fingerprint density at radius 3 is 2.52 bits per heavy atom. The van der Waals surface area contributed by atoms with E-state index in [0.29, 0.717) is 5.13 Å². The first-order valence-corrected chi connectivity index (χ1v) is 11.0. The molecule has 0 unspecified atom stereocenters. The maximum Gasteiger partial charge on any atom is 0.335 e. The monoisotopic (exact) mass is 463 g/mol. The molecule has 0 saturated heterocycles. The lowest BCUT2D eigenvalue weighted by molar-refractivity contribution is -0.137. The number of nitrogens with zero attached hydrogens (tertiary/aromatic N) is 4. The summed E-state index contributed by atoms with van der Waals surface area (Å²) in [5.74, 6) is -1.10. The summed E-state index contributed by atoms with van der Waals surface area (Å²) >= 11 is 1.33. The lowest BCUT2D eigenvalue weighted by atomic mass is 10.1. The van der Waals surface area contributed by atoms with Crippen molar-refractivity contribution in [2.75, 3.05) is 0 Å². The van der Waals surface area contributed by atoms with E-state index < -0.39 is 17.3 Å². The van der Waals surface area contributed by atoms with E-state index in [2.05, 4.69) is 15.0 Å². The van der Waals surface area contributed by atoms with Crippen LogP contribution in [0.2, 0.25) is 0 Å². The molecule has 168 valence electrons. The van der Waals surface area contributed by atoms with Gasteiger partial charge in [0.2, 0.25) is 10.7 Å². The molecule has 4 aromatic rings. The van der Waals surface area contributed by atoms with Gasteiger partial charge in [0.15, 0.2) is 0 Å². The summed E-state index contributed by atoms with van der Waals surface area (Å²) in [7, 11) is 0. The molecule has 33 heavy (non-hydrogen) atoms. The number of aromatic amines is 1. The maximum atomic E-state index is 13.1. The van der Waals surface area contributed by atoms with Crippen molar-refractivity contribution in [1.29, 1.82) is 0 Å². The zero-order chi connectivity index (χ0) is 23.4. The maximum absolute atomic E-state index is 13.1. The molecule has 0 aliphatic rings. The fourth-order valence-electron chi connectivity index (χ4n) is 3.21. The zero-order valence-corrected chi connectivity index (χ0v) is 18.6. The number of hydrogen-bond acceptors (Lipinski definition) is 6. The number of carbonyl (C=O) groups is 1. The van der Waals surface area contributed by atoms with E-state index in [1.54, 1.807) is 6.20 Å². The highest BCUT2D eigenvalue weighted by Gasteiger charge is 2.12. The minimum absolute atomic E-state index is 0.0473. The summed E-state index contributed by atoms with van der Waals surface area (Å²) in [5.41, 5.74) is 1.58. The van der Waals surface area contributed by atoms with Crippen LogP contribution in [-0.4, -0.2) is 30.2 Å². The van der Waals surface area contributed by atoms with Gasteiger partial charge in [-0.2, -0.15) is 4.99 Å². The molecule has 0 aliphatic carbocycles. The number of carboxylic acid groups (broad SMARTS) is 1. The molecule has 9 nitrogen and oxygen atoms in total. The normalized spacial score (nSPS) is 11.6. The fraction of sp³-hybridized carbons (Fsp3) is 0.174. The van der Waals surface area contributed by atoms with Gasteiger partial charge in [-0.1, -0.05) is 71.5 Å². The Bertz CT molecular complexity index is 1460. The van der Waals surface area contributed by atoms with Crippen LogP contribution < -0.4 is 17.0 Å². The largest absolute Gasteiger partial charge is 0.481 e. The van der Waals surface area contributed by atoms with Gasteiger partial charge in [0.05, 0.1) is 17.8 Å². The van der Waals surface area contributed by atoms with Gasteiger partial charge < -0.3 is 5.11 Å². The van der Waals surface area contributed by atoms with Gasteiger partial charge in [-0.3, -0.25) is 14.3 Å². The highest BCUT2D eigenvalue weighted by molar-refractivity contribution is 7.18. The molecule has 4 rings (SSSR count). The lowest BCUT2D eigenvalue weighted by Crippen LogP contribution is -2.50. The average molecular weight is 464 g/mol. The highest BCUT2D eigenvalue weighted by Crippen LogP contribution is 2.29. The summed E-state index contributed by atoms with van der Waals surface area (Å²) in [6.45, 7) is 1.87. The van der Waals surface area contributed by atoms with Gasteiger partial charge in [0, 0.05) is 12.7 Å². The van der Waals surface area contributed by atoms with Crippen LogP contribution in [0.4, 0.5) is 5.13 Å². The standard InChI is InChI=1S/C23H21N5O4S/c1-15-7-9-16(10-8-15)14-28-20(26-22(31)27(23(28)32)12-11-19(29)30)25-21-24-13-18(33-21)17-5-3-2-4-6-17/h2-10,13H,11-12,14H2,1H3,(H,29,30)(H,24,25,26,31). The molecule has 0 amide bonds. The molecule has 0 spiro atoms. The second-order valence-electron chi connectivity index (χ2n) is 7.39. The molecule has 10 heteroatoms. The second kappa shape index (κ2) is 9.61. The Hall–Kier alpha value is -4.05. The minimum atomic E-state index is -1.10. The van der Waals surface area contributed by atoms with Crippen LogP contribution in [0.15, 0.2) is 75.4 Å². The molecule has 0 fully saturated rings. The number of rotatable bonds is 7. The first kappa shape index (κ1) is 22.2. The smallest absolute Gasteiger partial charge is 0.335 e. The van der Waals surface area contributed by atoms with Crippen molar-refractivity contribution in [3.8, 4) is 10.4 Å². The fourth-order valence-corrected chi connectivity index (χ4v) is 4.00. The number of carboxylic acids is 1. The van der Waals surface area contributed by atoms with Crippen LogP contribution in [0, 0.1) is 6.92 Å². The number of benzene rings is 2. The van der Waals surface area contributed by atoms with E-state index in [-0.39, 0.29) is 25.1 Å². The number of thiazole rings is 1. The van der Waals surface area contributed by atoms with E-state index in [4.69, 9.17) is 5.11 Å². The van der Waals surface area contributed by atoms with Crippen LogP contribution in [0.3, 0.4) is 0 Å². The zero-order valence-electron chi connectivity index (χ0n) is 17.8. The van der Waals surface area contributed by atoms with Crippen molar-refractivity contribution in [2.24, 2.45) is 4.99 Å². The number of aromatic nitrogens is 4. The van der Waals surface area contributed by atoms with Crippen molar-refractivity contribution in [2.45, 2.75) is 26.4 Å². The number of H-pyrrole nitrogens is 1. The Morgan fingerprint density at radius 1 is 1.09 bits per heavy atom. The predicted molar refractivity (Wildman–Crippen MR) is 125 cm³/mol. The Kier molecular flexibility index (Phi) is 6.45. The van der Waals surface area contributed by atoms with Crippen LogP contribution in [0.25, 0.3) is 10.4 Å². The summed E-state index contributed by atoms with van der Waals surface area (Å²) in [6.07, 6.45) is 1.34. The Labute approximate surface area is 192 Å². The molecule has 0 radical (unpaired) electrons. The first-order valence-electron chi connectivity index (χ1n) is 10.2. The van der Waals surface area contributed by atoms with Crippen molar-refractivity contribution < 1.29 is 9.90 Å². The third kappa shape index (κ3) is 5.24. The van der Waals surface area contributed by atoms with Gasteiger partial charge in [-0.05, 0) is 18.1 Å². The van der Waals surface area contributed by atoms with Crippen molar-refractivity contribution in [3.63, 3.8) is 0 Å². The molecule has 2 heterocycles. The third-order valence-corrected chi connectivity index (χ3v) is 5.89. The number of aryl methyl sites for hydroxylation is 1. The quantitative estimate of drug-likeness (QED) is 0.436. The van der Waals surface area contributed by atoms with E-state index in [9.17, 15) is 14.4 Å². The Morgan fingerprint density at radius 2 is 1.82 bits per heavy atom. The number of hydrogen-bond donors (Lipinski definition) is 2. The van der Waals surface area contributed by atoms with Gasteiger partial charge in [0.25, 0.3) is 0 Å². The van der Waals surface area contributed by atoms with Crippen molar-refractivity contribution in [3.05, 3.63) is 98.5 Å². The molecule has 2 aromatic carbocycles. The molecule has 0 saturated carbocycles. The summed E-state index contributed by atoms with van der Waals surface area (Å²) in [6, 6.07) is 17.3. The van der Waals surface area contributed by atoms with E-state index in [1.165, 1.54) is 15.9 Å². The van der Waals surface area contributed by atoms with Crippen molar-refractivity contribution in [1.82, 2.24) is 19.1 Å². The van der Waals surface area contributed by atoms with Gasteiger partial charge >= 0.3 is 17.3 Å². The summed E-state index contributed by atoms with van der Waals surface area (Å²) in [4.78, 5) is 49.0. The first-order chi connectivity index (χ1) is 15.9. The molecule has 2 aromatic heterocycles.